The summed E-state index contributed by atoms with van der Waals surface area (Å²) in [4.78, 5) is 11.4. The van der Waals surface area contributed by atoms with E-state index in [0.29, 0.717) is 19.1 Å². The second-order valence-electron chi connectivity index (χ2n) is 5.14. The predicted molar refractivity (Wildman–Crippen MR) is 65.4 cm³/mol. The Hall–Kier alpha value is -0.810. The minimum Gasteiger partial charge on any atom is -0.444 e. The predicted octanol–water partition coefficient (Wildman–Crippen LogP) is 0.836. The zero-order chi connectivity index (χ0) is 12.8. The average molecular weight is 231 g/mol. The summed E-state index contributed by atoms with van der Waals surface area (Å²) in [6.07, 6.45) is -0.406. The Morgan fingerprint density at radius 2 is 1.94 bits per heavy atom. The van der Waals surface area contributed by atoms with Crippen molar-refractivity contribution in [2.24, 2.45) is 5.73 Å². The molecule has 5 heteroatoms. The molecule has 0 aromatic carbocycles. The maximum atomic E-state index is 11.4. The van der Waals surface area contributed by atoms with E-state index in [1.807, 2.05) is 34.6 Å². The van der Waals surface area contributed by atoms with E-state index < -0.39 is 11.7 Å². The average Bonchev–Trinajstić information content (AvgIpc) is 2.08. The van der Waals surface area contributed by atoms with Gasteiger partial charge in [-0.05, 0) is 20.8 Å². The Morgan fingerprint density at radius 3 is 2.31 bits per heavy atom. The lowest BCUT2D eigenvalue weighted by Crippen LogP contribution is -2.48. The SMILES string of the molecule is CC(C)NC(CN)CNC(=O)OC(C)(C)C. The van der Waals surface area contributed by atoms with Crippen LogP contribution in [0, 0.1) is 0 Å². The second-order valence-corrected chi connectivity index (χ2v) is 5.14. The summed E-state index contributed by atoms with van der Waals surface area (Å²) in [5.41, 5.74) is 5.12. The molecule has 16 heavy (non-hydrogen) atoms. The molecule has 1 amide bonds. The van der Waals surface area contributed by atoms with Gasteiger partial charge in [0, 0.05) is 25.2 Å². The van der Waals surface area contributed by atoms with Crippen molar-refractivity contribution in [3.05, 3.63) is 0 Å². The lowest BCUT2D eigenvalue weighted by Gasteiger charge is -2.23. The Kier molecular flexibility index (Phi) is 6.36. The number of alkyl carbamates (subject to hydrolysis) is 1. The number of rotatable bonds is 5. The number of ether oxygens (including phenoxy) is 1. The first-order valence-corrected chi connectivity index (χ1v) is 5.67. The van der Waals surface area contributed by atoms with Crippen molar-refractivity contribution in [1.82, 2.24) is 10.6 Å². The van der Waals surface area contributed by atoms with Crippen molar-refractivity contribution in [1.29, 1.82) is 0 Å². The van der Waals surface area contributed by atoms with Gasteiger partial charge in [-0.1, -0.05) is 13.8 Å². The van der Waals surface area contributed by atoms with Gasteiger partial charge < -0.3 is 21.1 Å². The molecule has 0 fully saturated rings. The van der Waals surface area contributed by atoms with E-state index in [-0.39, 0.29) is 6.04 Å². The Bertz CT molecular complexity index is 212. The van der Waals surface area contributed by atoms with Crippen LogP contribution in [0.4, 0.5) is 4.79 Å². The van der Waals surface area contributed by atoms with E-state index >= 15 is 0 Å². The molecule has 4 N–H and O–H groups in total. The van der Waals surface area contributed by atoms with E-state index in [2.05, 4.69) is 10.6 Å². The third-order valence-corrected chi connectivity index (χ3v) is 1.75. The first-order valence-electron chi connectivity index (χ1n) is 5.67. The Balaban J connectivity index is 3.88. The van der Waals surface area contributed by atoms with Gasteiger partial charge in [0.25, 0.3) is 0 Å². The molecular formula is C11H25N3O2. The highest BCUT2D eigenvalue weighted by Gasteiger charge is 2.17. The Labute approximate surface area is 98.1 Å². The number of carbonyl (C=O) groups excluding carboxylic acids is 1. The van der Waals surface area contributed by atoms with Crippen molar-refractivity contribution >= 4 is 6.09 Å². The summed E-state index contributed by atoms with van der Waals surface area (Å²) < 4.78 is 5.12. The zero-order valence-corrected chi connectivity index (χ0v) is 11.0. The number of amides is 1. The van der Waals surface area contributed by atoms with Gasteiger partial charge in [0.05, 0.1) is 0 Å². The number of hydrogen-bond donors (Lipinski definition) is 3. The molecule has 5 nitrogen and oxygen atoms in total. The van der Waals surface area contributed by atoms with Crippen molar-refractivity contribution in [2.75, 3.05) is 13.1 Å². The second kappa shape index (κ2) is 6.70. The molecule has 0 saturated heterocycles. The molecule has 96 valence electrons. The van der Waals surface area contributed by atoms with Crippen LogP contribution in [0.25, 0.3) is 0 Å². The van der Waals surface area contributed by atoms with Crippen LogP contribution in [0.3, 0.4) is 0 Å². The number of hydrogen-bond acceptors (Lipinski definition) is 4. The lowest BCUT2D eigenvalue weighted by atomic mass is 10.2. The maximum Gasteiger partial charge on any atom is 0.407 e. The fraction of sp³-hybridized carbons (Fsp3) is 0.909. The summed E-state index contributed by atoms with van der Waals surface area (Å²) in [6.45, 7) is 10.5. The van der Waals surface area contributed by atoms with Gasteiger partial charge in [-0.2, -0.15) is 0 Å². The first-order chi connectivity index (χ1) is 7.24. The molecule has 0 aromatic heterocycles. The standard InChI is InChI=1S/C11H25N3O2/c1-8(2)14-9(6-12)7-13-10(15)16-11(3,4)5/h8-9,14H,6-7,12H2,1-5H3,(H,13,15). The van der Waals surface area contributed by atoms with Crippen molar-refractivity contribution < 1.29 is 9.53 Å². The van der Waals surface area contributed by atoms with Crippen LogP contribution >= 0.6 is 0 Å². The fourth-order valence-corrected chi connectivity index (χ4v) is 1.20. The van der Waals surface area contributed by atoms with Gasteiger partial charge in [-0.3, -0.25) is 0 Å². The summed E-state index contributed by atoms with van der Waals surface area (Å²) in [6, 6.07) is 0.418. The lowest BCUT2D eigenvalue weighted by molar-refractivity contribution is 0.0522. The molecule has 0 rings (SSSR count). The normalized spacial score (nSPS) is 13.7. The molecule has 0 aliphatic heterocycles. The fourth-order valence-electron chi connectivity index (χ4n) is 1.20. The summed E-state index contributed by atoms with van der Waals surface area (Å²) >= 11 is 0. The van der Waals surface area contributed by atoms with Gasteiger partial charge in [0.2, 0.25) is 0 Å². The van der Waals surface area contributed by atoms with Crippen LogP contribution in [-0.2, 0) is 4.74 Å². The molecule has 0 heterocycles. The Morgan fingerprint density at radius 1 is 1.38 bits per heavy atom. The topological polar surface area (TPSA) is 76.4 Å². The summed E-state index contributed by atoms with van der Waals surface area (Å²) in [5, 5.41) is 5.94. The number of nitrogens with two attached hydrogens (primary N) is 1. The van der Waals surface area contributed by atoms with Crippen molar-refractivity contribution in [3.8, 4) is 0 Å². The van der Waals surface area contributed by atoms with E-state index in [0.717, 1.165) is 0 Å². The molecule has 0 spiro atoms. The first kappa shape index (κ1) is 15.2. The number of carbonyl (C=O) groups is 1. The molecule has 0 saturated carbocycles. The largest absolute Gasteiger partial charge is 0.444 e. The van der Waals surface area contributed by atoms with E-state index in [1.165, 1.54) is 0 Å². The highest BCUT2D eigenvalue weighted by molar-refractivity contribution is 5.67. The van der Waals surface area contributed by atoms with Gasteiger partial charge in [0.15, 0.2) is 0 Å². The van der Waals surface area contributed by atoms with Crippen LogP contribution < -0.4 is 16.4 Å². The number of nitrogens with one attached hydrogen (secondary N) is 2. The minimum absolute atomic E-state index is 0.0764. The molecule has 0 aromatic rings. The minimum atomic E-state index is -0.465. The molecule has 0 bridgehead atoms. The van der Waals surface area contributed by atoms with E-state index in [9.17, 15) is 4.79 Å². The van der Waals surface area contributed by atoms with Crippen molar-refractivity contribution in [2.45, 2.75) is 52.3 Å². The van der Waals surface area contributed by atoms with Gasteiger partial charge in [-0.25, -0.2) is 4.79 Å². The molecule has 0 aliphatic carbocycles. The van der Waals surface area contributed by atoms with Crippen LogP contribution in [-0.4, -0.2) is 36.9 Å². The molecule has 0 aliphatic rings. The van der Waals surface area contributed by atoms with E-state index in [1.54, 1.807) is 0 Å². The van der Waals surface area contributed by atoms with Crippen LogP contribution in [0.2, 0.25) is 0 Å². The quantitative estimate of drug-likeness (QED) is 0.655. The highest BCUT2D eigenvalue weighted by atomic mass is 16.6. The van der Waals surface area contributed by atoms with E-state index in [4.69, 9.17) is 10.5 Å². The summed E-state index contributed by atoms with van der Waals surface area (Å²) in [7, 11) is 0. The molecular weight excluding hydrogens is 206 g/mol. The van der Waals surface area contributed by atoms with Crippen molar-refractivity contribution in [3.63, 3.8) is 0 Å². The van der Waals surface area contributed by atoms with Gasteiger partial charge >= 0.3 is 6.09 Å². The maximum absolute atomic E-state index is 11.4. The monoisotopic (exact) mass is 231 g/mol. The summed E-state index contributed by atoms with van der Waals surface area (Å²) in [5.74, 6) is 0. The van der Waals surface area contributed by atoms with Crippen LogP contribution in [0.5, 0.6) is 0 Å². The van der Waals surface area contributed by atoms with Gasteiger partial charge in [-0.15, -0.1) is 0 Å². The third-order valence-electron chi connectivity index (χ3n) is 1.75. The van der Waals surface area contributed by atoms with Gasteiger partial charge in [0.1, 0.15) is 5.60 Å². The highest BCUT2D eigenvalue weighted by Crippen LogP contribution is 2.06. The van der Waals surface area contributed by atoms with Crippen LogP contribution in [0.1, 0.15) is 34.6 Å². The molecule has 1 unspecified atom stereocenters. The molecule has 1 atom stereocenters. The molecule has 0 radical (unpaired) electrons. The smallest absolute Gasteiger partial charge is 0.407 e. The zero-order valence-electron chi connectivity index (χ0n) is 11.0. The third kappa shape index (κ3) is 8.49. The van der Waals surface area contributed by atoms with Crippen LogP contribution in [0.15, 0.2) is 0 Å².